The highest BCUT2D eigenvalue weighted by atomic mass is 35.5. The number of phenols is 1. The number of aromatic hydroxyl groups is 1. The van der Waals surface area contributed by atoms with Crippen molar-refractivity contribution in [3.05, 3.63) is 28.8 Å². The molecule has 0 aliphatic rings. The third-order valence-corrected chi connectivity index (χ3v) is 1.82. The summed E-state index contributed by atoms with van der Waals surface area (Å²) in [4.78, 5) is 10.3. The fourth-order valence-corrected chi connectivity index (χ4v) is 1.02. The highest BCUT2D eigenvalue weighted by Gasteiger charge is 2.16. The fourth-order valence-electron chi connectivity index (χ4n) is 0.836. The van der Waals surface area contributed by atoms with Gasteiger partial charge in [-0.15, -0.1) is 0 Å². The van der Waals surface area contributed by atoms with E-state index in [1.165, 1.54) is 18.2 Å². The van der Waals surface area contributed by atoms with Gasteiger partial charge in [-0.2, -0.15) is 0 Å². The monoisotopic (exact) mass is 202 g/mol. The van der Waals surface area contributed by atoms with Gasteiger partial charge < -0.3 is 15.3 Å². The molecule has 70 valence electrons. The van der Waals surface area contributed by atoms with E-state index in [0.29, 0.717) is 0 Å². The summed E-state index contributed by atoms with van der Waals surface area (Å²) < 4.78 is 0. The Morgan fingerprint density at radius 1 is 1.46 bits per heavy atom. The number of aliphatic hydroxyl groups is 1. The number of halogens is 1. The zero-order chi connectivity index (χ0) is 10.0. The van der Waals surface area contributed by atoms with Gasteiger partial charge in [0.25, 0.3) is 0 Å². The minimum atomic E-state index is -1.61. The number of hydrogen-bond donors (Lipinski definition) is 3. The van der Waals surface area contributed by atoms with Crippen LogP contribution in [-0.4, -0.2) is 21.3 Å². The van der Waals surface area contributed by atoms with Crippen molar-refractivity contribution in [1.82, 2.24) is 0 Å². The molecule has 0 fully saturated rings. The lowest BCUT2D eigenvalue weighted by atomic mass is 10.1. The second-order valence-electron chi connectivity index (χ2n) is 2.45. The fraction of sp³-hybridized carbons (Fsp3) is 0.125. The summed E-state index contributed by atoms with van der Waals surface area (Å²) in [5.41, 5.74) is 0.135. The lowest BCUT2D eigenvalue weighted by molar-refractivity contribution is -0.146. The molecule has 0 aliphatic carbocycles. The Bertz CT molecular complexity index is 337. The first-order valence-corrected chi connectivity index (χ1v) is 3.79. The van der Waals surface area contributed by atoms with Gasteiger partial charge in [-0.05, 0) is 17.7 Å². The molecule has 5 heteroatoms. The summed E-state index contributed by atoms with van der Waals surface area (Å²) in [6.07, 6.45) is -1.61. The van der Waals surface area contributed by atoms with E-state index in [4.69, 9.17) is 26.9 Å². The van der Waals surface area contributed by atoms with E-state index in [9.17, 15) is 4.79 Å². The second kappa shape index (κ2) is 3.64. The summed E-state index contributed by atoms with van der Waals surface area (Å²) in [5.74, 6) is -1.51. The zero-order valence-electron chi connectivity index (χ0n) is 6.44. The van der Waals surface area contributed by atoms with Crippen LogP contribution in [0.25, 0.3) is 0 Å². The Hall–Kier alpha value is -1.26. The zero-order valence-corrected chi connectivity index (χ0v) is 7.19. The molecule has 0 aromatic heterocycles. The molecule has 1 unspecified atom stereocenters. The maximum absolute atomic E-state index is 10.3. The van der Waals surface area contributed by atoms with Crippen LogP contribution in [0.4, 0.5) is 0 Å². The molecule has 0 spiro atoms. The first-order chi connectivity index (χ1) is 6.02. The summed E-state index contributed by atoms with van der Waals surface area (Å²) >= 11 is 5.51. The average molecular weight is 203 g/mol. The Labute approximate surface area is 79.0 Å². The van der Waals surface area contributed by atoms with E-state index in [2.05, 4.69) is 0 Å². The molecule has 0 heterocycles. The summed E-state index contributed by atoms with van der Waals surface area (Å²) in [5, 5.41) is 26.5. The number of carbonyl (C=O) groups is 1. The summed E-state index contributed by atoms with van der Waals surface area (Å²) in [7, 11) is 0. The first-order valence-electron chi connectivity index (χ1n) is 3.41. The Balaban J connectivity index is 3.03. The molecule has 1 aromatic rings. The molecule has 1 atom stereocenters. The maximum atomic E-state index is 10.3. The normalized spacial score (nSPS) is 12.5. The molecule has 1 aromatic carbocycles. The molecule has 0 saturated carbocycles. The van der Waals surface area contributed by atoms with Crippen molar-refractivity contribution in [2.45, 2.75) is 6.10 Å². The third-order valence-electron chi connectivity index (χ3n) is 1.52. The standard InChI is InChI=1S/C8H7ClO4/c9-5-3-4(1-2-6(5)10)7(11)8(12)13/h1-3,7,10-11H,(H,12,13). The van der Waals surface area contributed by atoms with Crippen molar-refractivity contribution in [3.8, 4) is 5.75 Å². The molecule has 1 rings (SSSR count). The van der Waals surface area contributed by atoms with Gasteiger partial charge in [-0.3, -0.25) is 0 Å². The van der Waals surface area contributed by atoms with Crippen molar-refractivity contribution in [2.75, 3.05) is 0 Å². The van der Waals surface area contributed by atoms with E-state index < -0.39 is 12.1 Å². The Morgan fingerprint density at radius 3 is 2.54 bits per heavy atom. The Kier molecular flexibility index (Phi) is 2.75. The van der Waals surface area contributed by atoms with E-state index in [-0.39, 0.29) is 16.3 Å². The number of benzene rings is 1. The van der Waals surface area contributed by atoms with Gasteiger partial charge in [-0.1, -0.05) is 17.7 Å². The number of hydrogen-bond acceptors (Lipinski definition) is 3. The molecule has 0 amide bonds. The Morgan fingerprint density at radius 2 is 2.08 bits per heavy atom. The van der Waals surface area contributed by atoms with Crippen LogP contribution in [0.3, 0.4) is 0 Å². The predicted molar refractivity (Wildman–Crippen MR) is 45.7 cm³/mol. The molecular formula is C8H7ClO4. The number of aliphatic hydroxyl groups excluding tert-OH is 1. The van der Waals surface area contributed by atoms with Crippen molar-refractivity contribution in [1.29, 1.82) is 0 Å². The van der Waals surface area contributed by atoms with Gasteiger partial charge in [0.1, 0.15) is 5.75 Å². The van der Waals surface area contributed by atoms with Crippen molar-refractivity contribution < 1.29 is 20.1 Å². The van der Waals surface area contributed by atoms with Crippen LogP contribution in [0.1, 0.15) is 11.7 Å². The van der Waals surface area contributed by atoms with Gasteiger partial charge in [0.15, 0.2) is 6.10 Å². The van der Waals surface area contributed by atoms with Crippen LogP contribution in [-0.2, 0) is 4.79 Å². The molecule has 0 radical (unpaired) electrons. The number of carboxylic acids is 1. The first kappa shape index (κ1) is 9.83. The summed E-state index contributed by atoms with van der Waals surface area (Å²) in [6.45, 7) is 0. The molecule has 4 nitrogen and oxygen atoms in total. The molecule has 3 N–H and O–H groups in total. The number of rotatable bonds is 2. The van der Waals surface area contributed by atoms with Crippen LogP contribution >= 0.6 is 11.6 Å². The SMILES string of the molecule is O=C(O)C(O)c1ccc(O)c(Cl)c1. The number of carboxylic acid groups (broad SMARTS) is 1. The lowest BCUT2D eigenvalue weighted by Gasteiger charge is -2.06. The van der Waals surface area contributed by atoms with Gasteiger partial charge in [-0.25, -0.2) is 4.79 Å². The minimum absolute atomic E-state index is 0.0119. The van der Waals surface area contributed by atoms with Gasteiger partial charge in [0, 0.05) is 0 Å². The third kappa shape index (κ3) is 2.11. The van der Waals surface area contributed by atoms with Crippen LogP contribution in [0, 0.1) is 0 Å². The second-order valence-corrected chi connectivity index (χ2v) is 2.86. The number of phenolic OH excluding ortho intramolecular Hbond substituents is 1. The predicted octanol–water partition coefficient (Wildman–Crippen LogP) is 1.16. The minimum Gasteiger partial charge on any atom is -0.506 e. The molecule has 0 saturated heterocycles. The number of aliphatic carboxylic acids is 1. The van der Waals surface area contributed by atoms with E-state index in [1.807, 2.05) is 0 Å². The van der Waals surface area contributed by atoms with Crippen LogP contribution in [0.15, 0.2) is 18.2 Å². The molecule has 0 bridgehead atoms. The van der Waals surface area contributed by atoms with Crippen molar-refractivity contribution in [3.63, 3.8) is 0 Å². The van der Waals surface area contributed by atoms with Gasteiger partial charge in [0.05, 0.1) is 5.02 Å². The van der Waals surface area contributed by atoms with Crippen LogP contribution in [0.5, 0.6) is 5.75 Å². The maximum Gasteiger partial charge on any atom is 0.337 e. The average Bonchev–Trinajstić information content (AvgIpc) is 2.08. The van der Waals surface area contributed by atoms with Gasteiger partial charge >= 0.3 is 5.97 Å². The highest BCUT2D eigenvalue weighted by Crippen LogP contribution is 2.26. The van der Waals surface area contributed by atoms with E-state index in [0.717, 1.165) is 0 Å². The largest absolute Gasteiger partial charge is 0.506 e. The van der Waals surface area contributed by atoms with Crippen LogP contribution < -0.4 is 0 Å². The van der Waals surface area contributed by atoms with E-state index in [1.54, 1.807) is 0 Å². The van der Waals surface area contributed by atoms with Crippen molar-refractivity contribution >= 4 is 17.6 Å². The smallest absolute Gasteiger partial charge is 0.337 e. The molecule has 0 aliphatic heterocycles. The summed E-state index contributed by atoms with van der Waals surface area (Å²) in [6, 6.07) is 3.72. The highest BCUT2D eigenvalue weighted by molar-refractivity contribution is 6.32. The van der Waals surface area contributed by atoms with Gasteiger partial charge in [0.2, 0.25) is 0 Å². The molecule has 13 heavy (non-hydrogen) atoms. The quantitative estimate of drug-likeness (QED) is 0.673. The van der Waals surface area contributed by atoms with Crippen molar-refractivity contribution in [2.24, 2.45) is 0 Å². The lowest BCUT2D eigenvalue weighted by Crippen LogP contribution is -2.10. The molecular weight excluding hydrogens is 196 g/mol. The van der Waals surface area contributed by atoms with Crippen LogP contribution in [0.2, 0.25) is 5.02 Å². The van der Waals surface area contributed by atoms with E-state index >= 15 is 0 Å². The topological polar surface area (TPSA) is 77.8 Å².